The molecule has 9 nitrogen and oxygen atoms in total. The average Bonchev–Trinajstić information content (AvgIpc) is 3.71. The number of hydrogen-bond acceptors (Lipinski definition) is 8. The van der Waals surface area contributed by atoms with Gasteiger partial charge in [-0.1, -0.05) is 325 Å². The molecule has 0 heterocycles. The zero-order valence-corrected chi connectivity index (χ0v) is 58.9. The second kappa shape index (κ2) is 74.4. The number of esters is 2. The van der Waals surface area contributed by atoms with E-state index in [1.54, 1.807) is 0 Å². The number of ether oxygens (including phenoxy) is 2. The second-order valence-electron chi connectivity index (χ2n) is 23.7. The van der Waals surface area contributed by atoms with Crippen molar-refractivity contribution in [3.8, 4) is 0 Å². The number of carbonyl (C=O) groups excluding carboxylic acids is 2. The minimum Gasteiger partial charge on any atom is -0.462 e. The maximum atomic E-state index is 12.8. The molecule has 0 aliphatic carbocycles. The van der Waals surface area contributed by atoms with E-state index in [0.717, 1.165) is 135 Å². The molecule has 0 radical (unpaired) electrons. The summed E-state index contributed by atoms with van der Waals surface area (Å²) in [6.07, 6.45) is 110. The maximum Gasteiger partial charge on any atom is 0.472 e. The van der Waals surface area contributed by atoms with Crippen LogP contribution in [0.3, 0.4) is 0 Å². The highest BCUT2D eigenvalue weighted by molar-refractivity contribution is 7.47. The molecular weight excluding hydrogens is 1150 g/mol. The van der Waals surface area contributed by atoms with E-state index < -0.39 is 26.5 Å². The fourth-order valence-corrected chi connectivity index (χ4v) is 10.5. The van der Waals surface area contributed by atoms with Crippen LogP contribution < -0.4 is 5.73 Å². The van der Waals surface area contributed by atoms with E-state index in [0.29, 0.717) is 6.42 Å². The molecule has 0 aliphatic rings. The third-order valence-corrected chi connectivity index (χ3v) is 16.1. The molecule has 0 fully saturated rings. The van der Waals surface area contributed by atoms with Crippen molar-refractivity contribution in [2.24, 2.45) is 5.73 Å². The van der Waals surface area contributed by atoms with Crippen LogP contribution >= 0.6 is 7.82 Å². The molecule has 0 aromatic heterocycles. The average molecular weight is 1280 g/mol. The van der Waals surface area contributed by atoms with Crippen LogP contribution in [-0.4, -0.2) is 49.3 Å². The van der Waals surface area contributed by atoms with Crippen LogP contribution in [0.1, 0.15) is 296 Å². The lowest BCUT2D eigenvalue weighted by molar-refractivity contribution is -0.161. The SMILES string of the molecule is CC/C=C\C/C=C\C/C=C\C/C=C\C/C=C\C/C=C\C/C=C\C/C=C\C/C=C\C/C=C\CCCCCCCCCCC(=O)OC(COC(=O)CCCCCCCCCCCCCCCCCCCC/C=C\C/C=C\C/C=C\C/C=C\CC)COP(=O)(O)OCCN. The van der Waals surface area contributed by atoms with E-state index in [4.69, 9.17) is 24.3 Å². The maximum absolute atomic E-state index is 12.8. The highest BCUT2D eigenvalue weighted by Gasteiger charge is 2.26. The van der Waals surface area contributed by atoms with Crippen molar-refractivity contribution in [1.82, 2.24) is 0 Å². The monoisotopic (exact) mass is 1280 g/mol. The number of unbranched alkanes of at least 4 members (excludes halogenated alkanes) is 26. The van der Waals surface area contributed by atoms with E-state index in [-0.39, 0.29) is 38.6 Å². The van der Waals surface area contributed by atoms with Crippen LogP contribution in [-0.2, 0) is 32.7 Å². The Labute approximate surface area is 559 Å². The van der Waals surface area contributed by atoms with Gasteiger partial charge in [-0.2, -0.15) is 0 Å². The number of phosphoric acid groups is 1. The van der Waals surface area contributed by atoms with Crippen molar-refractivity contribution < 1.29 is 37.6 Å². The van der Waals surface area contributed by atoms with Gasteiger partial charge in [0.2, 0.25) is 0 Å². The molecule has 0 bridgehead atoms. The van der Waals surface area contributed by atoms with Crippen molar-refractivity contribution in [3.63, 3.8) is 0 Å². The van der Waals surface area contributed by atoms with E-state index in [9.17, 15) is 19.0 Å². The Hall–Kier alpha value is -4.63. The number of carbonyl (C=O) groups is 2. The lowest BCUT2D eigenvalue weighted by Crippen LogP contribution is -2.29. The van der Waals surface area contributed by atoms with Crippen molar-refractivity contribution in [2.75, 3.05) is 26.4 Å². The summed E-state index contributed by atoms with van der Waals surface area (Å²) in [5, 5.41) is 0. The van der Waals surface area contributed by atoms with Crippen LogP contribution in [0.4, 0.5) is 0 Å². The van der Waals surface area contributed by atoms with Crippen molar-refractivity contribution in [2.45, 2.75) is 302 Å². The smallest absolute Gasteiger partial charge is 0.462 e. The molecule has 0 saturated carbocycles. The first kappa shape index (κ1) is 86.4. The zero-order valence-electron chi connectivity index (χ0n) is 58.0. The molecule has 0 spiro atoms. The van der Waals surface area contributed by atoms with Gasteiger partial charge in [0.25, 0.3) is 0 Å². The lowest BCUT2D eigenvalue weighted by Gasteiger charge is -2.19. The van der Waals surface area contributed by atoms with Crippen LogP contribution in [0.15, 0.2) is 170 Å². The molecule has 0 aliphatic heterocycles. The van der Waals surface area contributed by atoms with Gasteiger partial charge in [0.05, 0.1) is 13.2 Å². The first-order chi connectivity index (χ1) is 44.8. The topological polar surface area (TPSA) is 134 Å². The summed E-state index contributed by atoms with van der Waals surface area (Å²) in [4.78, 5) is 35.4. The summed E-state index contributed by atoms with van der Waals surface area (Å²) in [5.74, 6) is -0.839. The number of rotatable bonds is 67. The number of hydrogen-bond donors (Lipinski definition) is 2. The molecule has 2 unspecified atom stereocenters. The summed E-state index contributed by atoms with van der Waals surface area (Å²) in [6, 6.07) is 0. The molecule has 0 rings (SSSR count). The van der Waals surface area contributed by atoms with Gasteiger partial charge >= 0.3 is 19.8 Å². The molecule has 10 heteroatoms. The van der Waals surface area contributed by atoms with Gasteiger partial charge in [0, 0.05) is 19.4 Å². The van der Waals surface area contributed by atoms with E-state index in [1.165, 1.54) is 128 Å². The summed E-state index contributed by atoms with van der Waals surface area (Å²) >= 11 is 0. The van der Waals surface area contributed by atoms with Gasteiger partial charge in [0.15, 0.2) is 6.10 Å². The molecule has 3 N–H and O–H groups in total. The highest BCUT2D eigenvalue weighted by atomic mass is 31.2. The van der Waals surface area contributed by atoms with Crippen LogP contribution in [0.2, 0.25) is 0 Å². The molecular formula is C81H134NO8P. The predicted octanol–water partition coefficient (Wildman–Crippen LogP) is 24.5. The summed E-state index contributed by atoms with van der Waals surface area (Å²) in [6.45, 7) is 3.52. The molecule has 0 aromatic rings. The minimum atomic E-state index is -4.41. The Morgan fingerprint density at radius 1 is 0.330 bits per heavy atom. The Morgan fingerprint density at radius 3 is 0.846 bits per heavy atom. The number of nitrogens with two attached hydrogens (primary N) is 1. The minimum absolute atomic E-state index is 0.0451. The van der Waals surface area contributed by atoms with Gasteiger partial charge < -0.3 is 20.1 Å². The highest BCUT2D eigenvalue weighted by Crippen LogP contribution is 2.43. The molecule has 516 valence electrons. The summed E-state index contributed by atoms with van der Waals surface area (Å²) in [5.41, 5.74) is 5.41. The van der Waals surface area contributed by atoms with Crippen molar-refractivity contribution in [1.29, 1.82) is 0 Å². The van der Waals surface area contributed by atoms with Gasteiger partial charge in [-0.3, -0.25) is 18.6 Å². The van der Waals surface area contributed by atoms with Crippen LogP contribution in [0.25, 0.3) is 0 Å². The summed E-state index contributed by atoms with van der Waals surface area (Å²) < 4.78 is 33.2. The first-order valence-corrected chi connectivity index (χ1v) is 38.1. The van der Waals surface area contributed by atoms with Crippen molar-refractivity contribution in [3.05, 3.63) is 170 Å². The number of phosphoric ester groups is 1. The van der Waals surface area contributed by atoms with E-state index in [1.807, 2.05) is 0 Å². The van der Waals surface area contributed by atoms with Crippen LogP contribution in [0, 0.1) is 0 Å². The lowest BCUT2D eigenvalue weighted by atomic mass is 10.0. The van der Waals surface area contributed by atoms with Gasteiger partial charge in [-0.05, 0) is 128 Å². The Balaban J connectivity index is 3.94. The third kappa shape index (κ3) is 74.3. The van der Waals surface area contributed by atoms with Crippen LogP contribution in [0.5, 0.6) is 0 Å². The van der Waals surface area contributed by atoms with E-state index >= 15 is 0 Å². The molecule has 0 saturated heterocycles. The quantitative estimate of drug-likeness (QED) is 0.0264. The largest absolute Gasteiger partial charge is 0.472 e. The standard InChI is InChI=1S/C81H134NO8P/c1-3-5-7-9-11-13-15-17-19-21-23-25-27-29-31-33-35-36-37-38-39-40-41-42-44-46-48-50-52-54-56-58-60-62-64-66-68-70-72-74-81(84)90-79(78-89-91(85,86)88-76-75-82)77-87-80(83)73-71-69-67-65-63-61-59-57-55-53-51-49-47-45-43-34-32-30-28-26-24-22-20-18-16-14-12-10-8-6-4-2/h5-8,11-14,17-20,23-26,29,31,35-36,38-39,41-42,46,48,52,54,79H,3-4,9-10,15-16,21-22,27-28,30,32-34,37,40,43-45,47,49-51,53,55-78,82H2,1-2H3,(H,85,86)/b7-5-,8-6-,13-11-,14-12-,19-17-,20-18-,25-23-,26-24-,31-29-,36-35-,39-38-,42-41-,48-46-,54-52-. The van der Waals surface area contributed by atoms with Gasteiger partial charge in [0.1, 0.15) is 6.61 Å². The molecule has 91 heavy (non-hydrogen) atoms. The fourth-order valence-electron chi connectivity index (χ4n) is 9.78. The fraction of sp³-hybridized carbons (Fsp3) is 0.630. The Bertz CT molecular complexity index is 2100. The third-order valence-electron chi connectivity index (χ3n) is 15.1. The second-order valence-corrected chi connectivity index (χ2v) is 25.1. The Morgan fingerprint density at radius 2 is 0.571 bits per heavy atom. The molecule has 0 aromatic carbocycles. The number of allylic oxidation sites excluding steroid dienone is 28. The van der Waals surface area contributed by atoms with Gasteiger partial charge in [-0.15, -0.1) is 0 Å². The molecule has 2 atom stereocenters. The zero-order chi connectivity index (χ0) is 65.8. The first-order valence-electron chi connectivity index (χ1n) is 36.6. The van der Waals surface area contributed by atoms with Gasteiger partial charge in [-0.25, -0.2) is 4.57 Å². The molecule has 0 amide bonds. The normalized spacial score (nSPS) is 13.9. The Kier molecular flexibility index (Phi) is 70.6. The van der Waals surface area contributed by atoms with E-state index in [2.05, 4.69) is 184 Å². The predicted molar refractivity (Wildman–Crippen MR) is 394 cm³/mol. The van der Waals surface area contributed by atoms with Crippen molar-refractivity contribution >= 4 is 19.8 Å². The summed E-state index contributed by atoms with van der Waals surface area (Å²) in [7, 11) is -4.41.